The lowest BCUT2D eigenvalue weighted by Gasteiger charge is -2.26. The van der Waals surface area contributed by atoms with Gasteiger partial charge in [0.1, 0.15) is 0 Å². The average Bonchev–Trinajstić information content (AvgIpc) is 3.12. The largest absolute Gasteiger partial charge is 0.272 e. The van der Waals surface area contributed by atoms with Crippen molar-refractivity contribution in [3.8, 4) is 0 Å². The molecule has 0 atom stereocenters. The molecule has 0 N–H and O–H groups in total. The van der Waals surface area contributed by atoms with Crippen LogP contribution in [-0.2, 0) is 0 Å². The third kappa shape index (κ3) is 10.4. The quantitative estimate of drug-likeness (QED) is 0.191. The topological polar surface area (TPSA) is 12.4 Å². The van der Waals surface area contributed by atoms with Crippen LogP contribution in [0.4, 0.5) is 0 Å². The number of hydrogen-bond donors (Lipinski definition) is 0. The van der Waals surface area contributed by atoms with E-state index in [-0.39, 0.29) is 0 Å². The smallest absolute Gasteiger partial charge is 0.0425 e. The van der Waals surface area contributed by atoms with Crippen LogP contribution in [-0.4, -0.2) is 18.5 Å². The maximum absolute atomic E-state index is 5.51. The van der Waals surface area contributed by atoms with Gasteiger partial charge in [-0.3, -0.25) is 4.74 Å². The van der Waals surface area contributed by atoms with Gasteiger partial charge in [0.15, 0.2) is 0 Å². The van der Waals surface area contributed by atoms with Gasteiger partial charge >= 0.3 is 0 Å². The van der Waals surface area contributed by atoms with Crippen LogP contribution in [0.15, 0.2) is 28.7 Å². The number of unbranched alkanes of at least 4 members (excludes halogenated alkanes) is 9. The van der Waals surface area contributed by atoms with Crippen molar-refractivity contribution in [1.82, 2.24) is 0 Å². The summed E-state index contributed by atoms with van der Waals surface area (Å²) in [4.78, 5) is 0. The van der Waals surface area contributed by atoms with Crippen molar-refractivity contribution >= 4 is 7.05 Å². The summed E-state index contributed by atoms with van der Waals surface area (Å²) in [6.07, 6.45) is 28.8. The lowest BCUT2D eigenvalue weighted by molar-refractivity contribution is 0.685. The van der Waals surface area contributed by atoms with E-state index in [1.165, 1.54) is 101 Å². The molecule has 0 amide bonds. The van der Waals surface area contributed by atoms with Crippen LogP contribution in [0.3, 0.4) is 0 Å². The Morgan fingerprint density at radius 2 is 1.20 bits per heavy atom. The SMILES string of the molecule is CCCCCCP(CCCCCC)(CCCCCC)=NC1=CC=CC1. The fraction of sp³-hybridized carbons (Fsp3) is 0.826. The standard InChI is InChI=1S/C23H44NP/c1-4-7-10-15-20-25(21-16-11-8-5-2,22-17-12-9-6-3)24-23-18-13-14-19-23/h13-14,18H,4-12,15-17,19-22H2,1-3H3. The molecule has 0 aromatic rings. The summed E-state index contributed by atoms with van der Waals surface area (Å²) >= 11 is 0. The molecular weight excluding hydrogens is 321 g/mol. The molecule has 146 valence electrons. The zero-order valence-corrected chi connectivity index (χ0v) is 18.3. The minimum atomic E-state index is -1.15. The van der Waals surface area contributed by atoms with E-state index in [2.05, 4.69) is 39.0 Å². The first kappa shape index (κ1) is 22.8. The zero-order chi connectivity index (χ0) is 18.2. The van der Waals surface area contributed by atoms with Crippen LogP contribution in [0.1, 0.15) is 104 Å². The highest BCUT2D eigenvalue weighted by Crippen LogP contribution is 2.54. The Bertz CT molecular complexity index is 395. The first-order chi connectivity index (χ1) is 12.3. The van der Waals surface area contributed by atoms with E-state index < -0.39 is 7.05 Å². The molecule has 1 nitrogen and oxygen atoms in total. The minimum Gasteiger partial charge on any atom is -0.272 e. The Balaban J connectivity index is 2.77. The van der Waals surface area contributed by atoms with Crippen LogP contribution in [0.2, 0.25) is 0 Å². The molecule has 0 heterocycles. The minimum absolute atomic E-state index is 1.08. The number of rotatable bonds is 16. The van der Waals surface area contributed by atoms with Crippen molar-refractivity contribution in [1.29, 1.82) is 0 Å². The summed E-state index contributed by atoms with van der Waals surface area (Å²) in [6, 6.07) is 0. The second-order valence-corrected chi connectivity index (χ2v) is 11.6. The predicted octanol–water partition coefficient (Wildman–Crippen LogP) is 8.77. The van der Waals surface area contributed by atoms with E-state index in [0.29, 0.717) is 0 Å². The van der Waals surface area contributed by atoms with E-state index in [0.717, 1.165) is 6.42 Å². The fourth-order valence-electron chi connectivity index (χ4n) is 3.77. The van der Waals surface area contributed by atoms with Crippen LogP contribution in [0, 0.1) is 0 Å². The van der Waals surface area contributed by atoms with Crippen molar-refractivity contribution < 1.29 is 0 Å². The van der Waals surface area contributed by atoms with Gasteiger partial charge in [-0.05, 0) is 50.9 Å². The molecule has 2 heteroatoms. The summed E-state index contributed by atoms with van der Waals surface area (Å²) in [7, 11) is -1.15. The van der Waals surface area contributed by atoms with Gasteiger partial charge in [-0.1, -0.05) is 90.7 Å². The molecule has 0 aromatic carbocycles. The molecule has 0 saturated carbocycles. The normalized spacial score (nSPS) is 14.1. The van der Waals surface area contributed by atoms with Gasteiger partial charge in [-0.15, -0.1) is 0 Å². The molecule has 0 saturated heterocycles. The summed E-state index contributed by atoms with van der Waals surface area (Å²) in [5, 5.41) is 0. The lowest BCUT2D eigenvalue weighted by Crippen LogP contribution is -2.03. The molecule has 1 rings (SSSR count). The van der Waals surface area contributed by atoms with Gasteiger partial charge in [0.05, 0.1) is 0 Å². The number of allylic oxidation sites excluding steroid dienone is 3. The second kappa shape index (κ2) is 14.8. The highest BCUT2D eigenvalue weighted by atomic mass is 31.2. The van der Waals surface area contributed by atoms with Gasteiger partial charge in [-0.2, -0.15) is 0 Å². The van der Waals surface area contributed by atoms with Crippen molar-refractivity contribution in [3.63, 3.8) is 0 Å². The Morgan fingerprint density at radius 1 is 0.720 bits per heavy atom. The van der Waals surface area contributed by atoms with Crippen molar-refractivity contribution in [3.05, 3.63) is 23.9 Å². The second-order valence-electron chi connectivity index (χ2n) is 7.84. The predicted molar refractivity (Wildman–Crippen MR) is 118 cm³/mol. The molecule has 1 aliphatic rings. The molecule has 0 bridgehead atoms. The van der Waals surface area contributed by atoms with Crippen LogP contribution in [0.5, 0.6) is 0 Å². The van der Waals surface area contributed by atoms with Gasteiger partial charge in [0, 0.05) is 12.1 Å². The highest BCUT2D eigenvalue weighted by Gasteiger charge is 2.20. The first-order valence-corrected chi connectivity index (χ1v) is 13.5. The van der Waals surface area contributed by atoms with Crippen LogP contribution >= 0.6 is 7.05 Å². The maximum atomic E-state index is 5.51. The monoisotopic (exact) mass is 365 g/mol. The molecule has 0 unspecified atom stereocenters. The molecule has 0 aliphatic heterocycles. The zero-order valence-electron chi connectivity index (χ0n) is 17.4. The number of nitrogens with zero attached hydrogens (tertiary/aromatic N) is 1. The fourth-order valence-corrected chi connectivity index (χ4v) is 7.87. The molecule has 25 heavy (non-hydrogen) atoms. The highest BCUT2D eigenvalue weighted by molar-refractivity contribution is 7.66. The molecule has 0 aromatic heterocycles. The van der Waals surface area contributed by atoms with E-state index in [4.69, 9.17) is 4.74 Å². The Hall–Kier alpha value is -0.290. The first-order valence-electron chi connectivity index (χ1n) is 11.2. The van der Waals surface area contributed by atoms with Crippen LogP contribution in [0.25, 0.3) is 0 Å². The van der Waals surface area contributed by atoms with E-state index >= 15 is 0 Å². The summed E-state index contributed by atoms with van der Waals surface area (Å²) in [5.41, 5.74) is 1.38. The number of hydrogen-bond acceptors (Lipinski definition) is 1. The van der Waals surface area contributed by atoms with E-state index in [1.807, 2.05) is 0 Å². The Labute approximate surface area is 158 Å². The van der Waals surface area contributed by atoms with E-state index in [9.17, 15) is 0 Å². The lowest BCUT2D eigenvalue weighted by atomic mass is 10.2. The van der Waals surface area contributed by atoms with Gasteiger partial charge in [-0.25, -0.2) is 0 Å². The third-order valence-corrected chi connectivity index (χ3v) is 9.50. The van der Waals surface area contributed by atoms with Gasteiger partial charge in [0.25, 0.3) is 0 Å². The van der Waals surface area contributed by atoms with Gasteiger partial charge in [0.2, 0.25) is 0 Å². The summed E-state index contributed by atoms with van der Waals surface area (Å²) in [6.45, 7) is 6.95. The Kier molecular flexibility index (Phi) is 13.5. The van der Waals surface area contributed by atoms with Crippen molar-refractivity contribution in [2.45, 2.75) is 104 Å². The third-order valence-electron chi connectivity index (χ3n) is 5.38. The maximum Gasteiger partial charge on any atom is 0.0425 e. The van der Waals surface area contributed by atoms with E-state index in [1.54, 1.807) is 0 Å². The molecule has 0 radical (unpaired) electrons. The molecule has 1 aliphatic carbocycles. The molecule has 0 fully saturated rings. The average molecular weight is 366 g/mol. The van der Waals surface area contributed by atoms with Crippen LogP contribution < -0.4 is 0 Å². The molecule has 0 spiro atoms. The van der Waals surface area contributed by atoms with Crippen molar-refractivity contribution in [2.75, 3.05) is 18.5 Å². The Morgan fingerprint density at radius 3 is 1.56 bits per heavy atom. The summed E-state index contributed by atoms with van der Waals surface area (Å²) < 4.78 is 5.51. The van der Waals surface area contributed by atoms with Crippen molar-refractivity contribution in [2.24, 2.45) is 4.74 Å². The summed E-state index contributed by atoms with van der Waals surface area (Å²) in [5.74, 6) is 0. The molecular formula is C23H44NP. The van der Waals surface area contributed by atoms with Gasteiger partial charge < -0.3 is 0 Å².